The van der Waals surface area contributed by atoms with Crippen molar-refractivity contribution in [3.05, 3.63) is 47.7 Å². The van der Waals surface area contributed by atoms with Crippen molar-refractivity contribution in [1.82, 2.24) is 4.98 Å². The molecule has 0 radical (unpaired) electrons. The normalized spacial score (nSPS) is 9.95. The van der Waals surface area contributed by atoms with E-state index in [2.05, 4.69) is 15.6 Å². The Morgan fingerprint density at radius 3 is 2.55 bits per heavy atom. The van der Waals surface area contributed by atoms with Crippen LogP contribution < -0.4 is 15.4 Å². The fourth-order valence-corrected chi connectivity index (χ4v) is 1.72. The predicted molar refractivity (Wildman–Crippen MR) is 79.3 cm³/mol. The third kappa shape index (κ3) is 3.26. The van der Waals surface area contributed by atoms with Crippen molar-refractivity contribution in [2.75, 3.05) is 17.7 Å². The molecule has 0 saturated heterocycles. The SMILES string of the molecule is CNc1nc(C)c(C)cc1NC(=O)Oc1ccccc1. The van der Waals surface area contributed by atoms with Gasteiger partial charge in [-0.3, -0.25) is 5.32 Å². The molecule has 0 aliphatic rings. The van der Waals surface area contributed by atoms with Crippen LogP contribution in [0.4, 0.5) is 16.3 Å². The zero-order valence-corrected chi connectivity index (χ0v) is 11.7. The smallest absolute Gasteiger partial charge is 0.410 e. The van der Waals surface area contributed by atoms with Crippen LogP contribution in [0.2, 0.25) is 0 Å². The van der Waals surface area contributed by atoms with E-state index < -0.39 is 6.09 Å². The highest BCUT2D eigenvalue weighted by Crippen LogP contribution is 2.22. The molecule has 1 amide bonds. The van der Waals surface area contributed by atoms with Gasteiger partial charge in [0.2, 0.25) is 0 Å². The van der Waals surface area contributed by atoms with Crippen molar-refractivity contribution in [3.63, 3.8) is 0 Å². The van der Waals surface area contributed by atoms with Gasteiger partial charge in [-0.05, 0) is 37.6 Å². The Morgan fingerprint density at radius 1 is 1.20 bits per heavy atom. The number of benzene rings is 1. The number of para-hydroxylation sites is 1. The van der Waals surface area contributed by atoms with Crippen molar-refractivity contribution < 1.29 is 9.53 Å². The molecular formula is C15H17N3O2. The second kappa shape index (κ2) is 6.06. The molecule has 0 fully saturated rings. The second-order valence-corrected chi connectivity index (χ2v) is 4.36. The highest BCUT2D eigenvalue weighted by atomic mass is 16.6. The molecule has 104 valence electrons. The first-order valence-corrected chi connectivity index (χ1v) is 6.30. The van der Waals surface area contributed by atoms with Gasteiger partial charge in [-0.25, -0.2) is 9.78 Å². The van der Waals surface area contributed by atoms with Crippen molar-refractivity contribution in [1.29, 1.82) is 0 Å². The maximum atomic E-state index is 11.9. The second-order valence-electron chi connectivity index (χ2n) is 4.36. The lowest BCUT2D eigenvalue weighted by Gasteiger charge is -2.12. The van der Waals surface area contributed by atoms with Crippen LogP contribution in [0.5, 0.6) is 5.75 Å². The number of carbonyl (C=O) groups excluding carboxylic acids is 1. The highest BCUT2D eigenvalue weighted by Gasteiger charge is 2.11. The lowest BCUT2D eigenvalue weighted by Crippen LogP contribution is -2.18. The number of carbonyl (C=O) groups is 1. The third-order valence-electron chi connectivity index (χ3n) is 2.89. The van der Waals surface area contributed by atoms with Gasteiger partial charge in [0.1, 0.15) is 11.6 Å². The van der Waals surface area contributed by atoms with Gasteiger partial charge in [-0.2, -0.15) is 0 Å². The summed E-state index contributed by atoms with van der Waals surface area (Å²) in [6, 6.07) is 10.8. The molecule has 20 heavy (non-hydrogen) atoms. The van der Waals surface area contributed by atoms with Crippen LogP contribution in [0.1, 0.15) is 11.3 Å². The van der Waals surface area contributed by atoms with Crippen LogP contribution >= 0.6 is 0 Å². The maximum absolute atomic E-state index is 11.9. The molecule has 2 aromatic rings. The summed E-state index contributed by atoms with van der Waals surface area (Å²) < 4.78 is 5.18. The molecule has 2 N–H and O–H groups in total. The number of anilines is 2. The van der Waals surface area contributed by atoms with E-state index in [1.54, 1.807) is 31.3 Å². The standard InChI is InChI=1S/C15H17N3O2/c1-10-9-13(14(16-3)17-11(10)2)18-15(19)20-12-7-5-4-6-8-12/h4-9H,1-3H3,(H,16,17)(H,18,19). The summed E-state index contributed by atoms with van der Waals surface area (Å²) >= 11 is 0. The Labute approximate surface area is 118 Å². The summed E-state index contributed by atoms with van der Waals surface area (Å²) in [6.45, 7) is 3.86. The molecule has 0 bridgehead atoms. The zero-order chi connectivity index (χ0) is 14.5. The quantitative estimate of drug-likeness (QED) is 0.898. The Kier molecular flexibility index (Phi) is 4.20. The van der Waals surface area contributed by atoms with Gasteiger partial charge in [-0.15, -0.1) is 0 Å². The zero-order valence-electron chi connectivity index (χ0n) is 11.7. The van der Waals surface area contributed by atoms with Crippen LogP contribution in [0, 0.1) is 13.8 Å². The van der Waals surface area contributed by atoms with Crippen LogP contribution in [0.3, 0.4) is 0 Å². The van der Waals surface area contributed by atoms with Crippen molar-refractivity contribution >= 4 is 17.6 Å². The predicted octanol–water partition coefficient (Wildman–Crippen LogP) is 3.35. The largest absolute Gasteiger partial charge is 0.417 e. The van der Waals surface area contributed by atoms with Gasteiger partial charge in [0.05, 0.1) is 5.69 Å². The highest BCUT2D eigenvalue weighted by molar-refractivity contribution is 5.90. The molecule has 0 aliphatic heterocycles. The monoisotopic (exact) mass is 271 g/mol. The van der Waals surface area contributed by atoms with Crippen LogP contribution in [0.25, 0.3) is 0 Å². The third-order valence-corrected chi connectivity index (χ3v) is 2.89. The minimum atomic E-state index is -0.544. The first-order valence-electron chi connectivity index (χ1n) is 6.30. The van der Waals surface area contributed by atoms with E-state index in [-0.39, 0.29) is 0 Å². The number of ether oxygens (including phenoxy) is 1. The summed E-state index contributed by atoms with van der Waals surface area (Å²) in [4.78, 5) is 16.2. The average Bonchev–Trinajstić information content (AvgIpc) is 2.43. The number of nitrogens with one attached hydrogen (secondary N) is 2. The van der Waals surface area contributed by atoms with E-state index in [9.17, 15) is 4.79 Å². The Hall–Kier alpha value is -2.56. The summed E-state index contributed by atoms with van der Waals surface area (Å²) in [5.41, 5.74) is 2.51. The Balaban J connectivity index is 2.13. The van der Waals surface area contributed by atoms with Crippen molar-refractivity contribution in [2.45, 2.75) is 13.8 Å². The van der Waals surface area contributed by atoms with E-state index in [1.165, 1.54) is 0 Å². The molecule has 0 aliphatic carbocycles. The Bertz CT molecular complexity index is 612. The topological polar surface area (TPSA) is 63.2 Å². The molecule has 1 aromatic carbocycles. The first-order chi connectivity index (χ1) is 9.60. The van der Waals surface area contributed by atoms with Gasteiger partial charge in [0.15, 0.2) is 0 Å². The van der Waals surface area contributed by atoms with Gasteiger partial charge >= 0.3 is 6.09 Å². The number of aromatic nitrogens is 1. The van der Waals surface area contributed by atoms with E-state index in [0.717, 1.165) is 11.3 Å². The average molecular weight is 271 g/mol. The van der Waals surface area contributed by atoms with Gasteiger partial charge in [0, 0.05) is 12.7 Å². The van der Waals surface area contributed by atoms with Crippen molar-refractivity contribution in [3.8, 4) is 5.75 Å². The molecule has 1 heterocycles. The lowest BCUT2D eigenvalue weighted by molar-refractivity contribution is 0.215. The van der Waals surface area contributed by atoms with Crippen LogP contribution in [0.15, 0.2) is 36.4 Å². The molecular weight excluding hydrogens is 254 g/mol. The van der Waals surface area contributed by atoms with E-state index >= 15 is 0 Å². The van der Waals surface area contributed by atoms with E-state index in [0.29, 0.717) is 17.3 Å². The number of aryl methyl sites for hydroxylation is 2. The summed E-state index contributed by atoms with van der Waals surface area (Å²) in [5.74, 6) is 1.10. The fourth-order valence-electron chi connectivity index (χ4n) is 1.72. The minimum absolute atomic E-state index is 0.493. The lowest BCUT2D eigenvalue weighted by atomic mass is 10.2. The first kappa shape index (κ1) is 13.9. The molecule has 0 unspecified atom stereocenters. The number of nitrogens with zero attached hydrogens (tertiary/aromatic N) is 1. The number of hydrogen-bond donors (Lipinski definition) is 2. The van der Waals surface area contributed by atoms with Gasteiger partial charge < -0.3 is 10.1 Å². The molecule has 5 heteroatoms. The molecule has 0 saturated carbocycles. The van der Waals surface area contributed by atoms with Crippen molar-refractivity contribution in [2.24, 2.45) is 0 Å². The summed E-state index contributed by atoms with van der Waals surface area (Å²) in [5, 5.41) is 5.64. The van der Waals surface area contributed by atoms with E-state index in [1.807, 2.05) is 26.0 Å². The summed E-state index contributed by atoms with van der Waals surface area (Å²) in [6.07, 6.45) is -0.544. The number of amides is 1. The van der Waals surface area contributed by atoms with Gasteiger partial charge in [-0.1, -0.05) is 18.2 Å². The van der Waals surface area contributed by atoms with Crippen LogP contribution in [-0.2, 0) is 0 Å². The number of pyridine rings is 1. The molecule has 2 rings (SSSR count). The number of rotatable bonds is 3. The Morgan fingerprint density at radius 2 is 1.90 bits per heavy atom. The van der Waals surface area contributed by atoms with Gasteiger partial charge in [0.25, 0.3) is 0 Å². The molecule has 1 aromatic heterocycles. The number of hydrogen-bond acceptors (Lipinski definition) is 4. The van der Waals surface area contributed by atoms with E-state index in [4.69, 9.17) is 4.74 Å². The van der Waals surface area contributed by atoms with Crippen LogP contribution in [-0.4, -0.2) is 18.1 Å². The molecule has 0 atom stereocenters. The maximum Gasteiger partial charge on any atom is 0.417 e. The molecule has 0 spiro atoms. The minimum Gasteiger partial charge on any atom is -0.410 e. The summed E-state index contributed by atoms with van der Waals surface area (Å²) in [7, 11) is 1.75. The molecule has 5 nitrogen and oxygen atoms in total. The fraction of sp³-hybridized carbons (Fsp3) is 0.200.